The normalized spacial score (nSPS) is 23.8. The van der Waals surface area contributed by atoms with Crippen LogP contribution in [0.4, 0.5) is 0 Å². The van der Waals surface area contributed by atoms with Gasteiger partial charge in [-0.3, -0.25) is 4.90 Å². The highest BCUT2D eigenvalue weighted by Gasteiger charge is 2.40. The van der Waals surface area contributed by atoms with Gasteiger partial charge in [-0.2, -0.15) is 0 Å². The lowest BCUT2D eigenvalue weighted by atomic mass is 9.94. The molecule has 0 bridgehead atoms. The summed E-state index contributed by atoms with van der Waals surface area (Å²) in [5.41, 5.74) is 2.18. The fraction of sp³-hybridized carbons (Fsp3) is 0.400. The third-order valence-electron chi connectivity index (χ3n) is 4.81. The first-order valence-electron chi connectivity index (χ1n) is 8.62. The van der Waals surface area contributed by atoms with E-state index in [0.29, 0.717) is 24.7 Å². The number of ether oxygens (including phenoxy) is 1. The molecule has 3 rings (SSSR count). The molecule has 25 heavy (non-hydrogen) atoms. The summed E-state index contributed by atoms with van der Waals surface area (Å²) in [6.45, 7) is 3.91. The maximum Gasteiger partial charge on any atom is 0.119 e. The lowest BCUT2D eigenvalue weighted by Gasteiger charge is -2.24. The number of nitrogens with zero attached hydrogens (tertiary/aromatic N) is 1. The Morgan fingerprint density at radius 3 is 2.40 bits per heavy atom. The van der Waals surface area contributed by atoms with E-state index in [1.807, 2.05) is 55.5 Å². The van der Waals surface area contributed by atoms with Crippen molar-refractivity contribution in [2.24, 2.45) is 0 Å². The van der Waals surface area contributed by atoms with Gasteiger partial charge in [0.15, 0.2) is 0 Å². The topological polar surface area (TPSA) is 52.9 Å². The molecule has 1 aliphatic heterocycles. The zero-order valence-corrected chi connectivity index (χ0v) is 15.1. The first kappa shape index (κ1) is 18.2. The van der Waals surface area contributed by atoms with Crippen LogP contribution >= 0.6 is 11.6 Å². The Hall–Kier alpha value is -1.59. The molecule has 4 nitrogen and oxygen atoms in total. The quantitative estimate of drug-likeness (QED) is 0.830. The van der Waals surface area contributed by atoms with Crippen LogP contribution in [0.1, 0.15) is 24.0 Å². The Morgan fingerprint density at radius 2 is 1.80 bits per heavy atom. The zero-order chi connectivity index (χ0) is 17.8. The predicted molar refractivity (Wildman–Crippen MR) is 99.1 cm³/mol. The summed E-state index contributed by atoms with van der Waals surface area (Å²) in [5, 5.41) is 21.1. The number of hydrogen-bond acceptors (Lipinski definition) is 4. The zero-order valence-electron chi connectivity index (χ0n) is 14.3. The van der Waals surface area contributed by atoms with Gasteiger partial charge in [0.2, 0.25) is 0 Å². The van der Waals surface area contributed by atoms with Crippen molar-refractivity contribution in [3.05, 3.63) is 64.7 Å². The second-order valence-electron chi connectivity index (χ2n) is 6.40. The summed E-state index contributed by atoms with van der Waals surface area (Å²) in [6, 6.07) is 15.3. The van der Waals surface area contributed by atoms with Crippen LogP contribution in [0.5, 0.6) is 5.75 Å². The van der Waals surface area contributed by atoms with Gasteiger partial charge in [0.25, 0.3) is 0 Å². The van der Waals surface area contributed by atoms with Crippen molar-refractivity contribution >= 4 is 11.6 Å². The minimum Gasteiger partial charge on any atom is -0.494 e. The van der Waals surface area contributed by atoms with E-state index in [4.69, 9.17) is 16.3 Å². The molecule has 0 amide bonds. The molecule has 2 aromatic rings. The minimum absolute atomic E-state index is 0.0304. The average Bonchev–Trinajstić information content (AvgIpc) is 2.93. The lowest BCUT2D eigenvalue weighted by Crippen LogP contribution is -2.38. The molecule has 1 saturated heterocycles. The van der Waals surface area contributed by atoms with E-state index in [0.717, 1.165) is 16.9 Å². The van der Waals surface area contributed by atoms with Gasteiger partial charge in [-0.1, -0.05) is 35.9 Å². The van der Waals surface area contributed by atoms with Crippen LogP contribution in [0.25, 0.3) is 0 Å². The summed E-state index contributed by atoms with van der Waals surface area (Å²) < 4.78 is 5.47. The van der Waals surface area contributed by atoms with Gasteiger partial charge in [0.1, 0.15) is 5.75 Å². The molecule has 0 saturated carbocycles. The van der Waals surface area contributed by atoms with Crippen molar-refractivity contribution in [3.8, 4) is 5.75 Å². The van der Waals surface area contributed by atoms with E-state index in [-0.39, 0.29) is 18.6 Å². The van der Waals surface area contributed by atoms with Gasteiger partial charge in [0, 0.05) is 24.0 Å². The van der Waals surface area contributed by atoms with Gasteiger partial charge in [-0.25, -0.2) is 0 Å². The summed E-state index contributed by atoms with van der Waals surface area (Å²) >= 11 is 5.96. The maximum absolute atomic E-state index is 10.7. The van der Waals surface area contributed by atoms with E-state index in [2.05, 4.69) is 4.90 Å². The van der Waals surface area contributed by atoms with Crippen LogP contribution in [-0.2, 0) is 6.54 Å². The van der Waals surface area contributed by atoms with Crippen molar-refractivity contribution in [1.82, 2.24) is 4.90 Å². The van der Waals surface area contributed by atoms with Crippen molar-refractivity contribution < 1.29 is 14.9 Å². The van der Waals surface area contributed by atoms with Crippen LogP contribution < -0.4 is 4.74 Å². The van der Waals surface area contributed by atoms with Crippen molar-refractivity contribution in [2.45, 2.75) is 31.5 Å². The predicted octanol–water partition coefficient (Wildman–Crippen LogP) is 3.06. The lowest BCUT2D eigenvalue weighted by molar-refractivity contribution is 0.0641. The minimum atomic E-state index is -0.603. The molecule has 1 aliphatic rings. The molecule has 0 unspecified atom stereocenters. The Balaban J connectivity index is 1.73. The highest BCUT2D eigenvalue weighted by Crippen LogP contribution is 2.33. The number of likely N-dealkylation sites (tertiary alicyclic amines) is 1. The Bertz CT molecular complexity index is 674. The Labute approximate surface area is 153 Å². The number of benzene rings is 2. The molecular weight excluding hydrogens is 338 g/mol. The van der Waals surface area contributed by atoms with E-state index < -0.39 is 6.10 Å². The molecule has 5 heteroatoms. The molecule has 0 spiro atoms. The highest BCUT2D eigenvalue weighted by atomic mass is 35.5. The first-order valence-corrected chi connectivity index (χ1v) is 9.00. The van der Waals surface area contributed by atoms with Gasteiger partial charge in [0.05, 0.1) is 25.4 Å². The van der Waals surface area contributed by atoms with Gasteiger partial charge >= 0.3 is 0 Å². The van der Waals surface area contributed by atoms with Crippen LogP contribution in [0.3, 0.4) is 0 Å². The number of hydrogen-bond donors (Lipinski definition) is 2. The van der Waals surface area contributed by atoms with Gasteiger partial charge in [-0.15, -0.1) is 0 Å². The molecule has 134 valence electrons. The molecule has 1 fully saturated rings. The third kappa shape index (κ3) is 4.15. The molecule has 1 heterocycles. The highest BCUT2D eigenvalue weighted by molar-refractivity contribution is 6.30. The first-order chi connectivity index (χ1) is 12.1. The molecular formula is C20H24ClNO3. The fourth-order valence-electron chi connectivity index (χ4n) is 3.49. The van der Waals surface area contributed by atoms with E-state index in [9.17, 15) is 10.2 Å². The third-order valence-corrected chi connectivity index (χ3v) is 5.06. The van der Waals surface area contributed by atoms with E-state index in [1.54, 1.807) is 0 Å². The standard InChI is InChI=1S/C20H24ClNO3/c1-2-25-17-9-3-14(4-10-17)11-22-12-18(20(24)19(22)13-23)15-5-7-16(21)8-6-15/h3-10,18-20,23-24H,2,11-13H2,1H3/t18-,19-,20-/m1/s1. The van der Waals surface area contributed by atoms with Gasteiger partial charge in [-0.05, 0) is 42.3 Å². The SMILES string of the molecule is CCOc1ccc(CN2C[C@H](c3ccc(Cl)cc3)[C@@H](O)[C@H]2CO)cc1. The summed E-state index contributed by atoms with van der Waals surface area (Å²) in [5.74, 6) is 0.822. The van der Waals surface area contributed by atoms with E-state index >= 15 is 0 Å². The molecule has 2 N–H and O–H groups in total. The van der Waals surface area contributed by atoms with Crippen molar-refractivity contribution in [2.75, 3.05) is 19.8 Å². The largest absolute Gasteiger partial charge is 0.494 e. The summed E-state index contributed by atoms with van der Waals surface area (Å²) in [4.78, 5) is 2.14. The average molecular weight is 362 g/mol. The second kappa shape index (κ2) is 8.19. The van der Waals surface area contributed by atoms with E-state index in [1.165, 1.54) is 0 Å². The molecule has 0 aliphatic carbocycles. The van der Waals surface area contributed by atoms with Crippen LogP contribution in [0.15, 0.2) is 48.5 Å². The molecule has 3 atom stereocenters. The van der Waals surface area contributed by atoms with Gasteiger partial charge < -0.3 is 14.9 Å². The van der Waals surface area contributed by atoms with Crippen LogP contribution in [-0.4, -0.2) is 47.0 Å². The van der Waals surface area contributed by atoms with Crippen molar-refractivity contribution in [1.29, 1.82) is 0 Å². The summed E-state index contributed by atoms with van der Waals surface area (Å²) in [7, 11) is 0. The maximum atomic E-state index is 10.7. The van der Waals surface area contributed by atoms with Crippen LogP contribution in [0, 0.1) is 0 Å². The second-order valence-corrected chi connectivity index (χ2v) is 6.84. The molecule has 2 aromatic carbocycles. The Kier molecular flexibility index (Phi) is 5.97. The number of aliphatic hydroxyl groups excluding tert-OH is 2. The monoisotopic (exact) mass is 361 g/mol. The number of halogens is 1. The smallest absolute Gasteiger partial charge is 0.119 e. The molecule has 0 aromatic heterocycles. The molecule has 0 radical (unpaired) electrons. The van der Waals surface area contributed by atoms with Crippen molar-refractivity contribution in [3.63, 3.8) is 0 Å². The number of rotatable bonds is 6. The fourth-order valence-corrected chi connectivity index (χ4v) is 3.62. The number of aliphatic hydroxyl groups is 2. The Morgan fingerprint density at radius 1 is 1.12 bits per heavy atom. The van der Waals surface area contributed by atoms with Crippen LogP contribution in [0.2, 0.25) is 5.02 Å². The summed E-state index contributed by atoms with van der Waals surface area (Å²) in [6.07, 6.45) is -0.603.